The van der Waals surface area contributed by atoms with Crippen molar-refractivity contribution in [3.63, 3.8) is 0 Å². The van der Waals surface area contributed by atoms with Gasteiger partial charge in [-0.1, -0.05) is 18.6 Å². The lowest BCUT2D eigenvalue weighted by Gasteiger charge is -2.58. The van der Waals surface area contributed by atoms with Gasteiger partial charge in [0.15, 0.2) is 0 Å². The summed E-state index contributed by atoms with van der Waals surface area (Å²) in [5.74, 6) is 1.82. The zero-order valence-corrected chi connectivity index (χ0v) is 13.7. The van der Waals surface area contributed by atoms with Crippen molar-refractivity contribution in [2.24, 2.45) is 28.6 Å². The minimum absolute atomic E-state index is 0.153. The Balaban J connectivity index is 1.68. The van der Waals surface area contributed by atoms with Gasteiger partial charge in [-0.2, -0.15) is 0 Å². The summed E-state index contributed by atoms with van der Waals surface area (Å²) < 4.78 is 0. The van der Waals surface area contributed by atoms with Crippen molar-refractivity contribution in [1.29, 1.82) is 0 Å². The van der Waals surface area contributed by atoms with Crippen LogP contribution in [-0.2, 0) is 0 Å². The van der Waals surface area contributed by atoms with E-state index in [0.29, 0.717) is 17.8 Å². The van der Waals surface area contributed by atoms with E-state index >= 15 is 0 Å². The third kappa shape index (κ3) is 1.85. The Morgan fingerprint density at radius 1 is 1.05 bits per heavy atom. The minimum atomic E-state index is -0.304. The van der Waals surface area contributed by atoms with Crippen molar-refractivity contribution >= 4 is 0 Å². The molecule has 0 radical (unpaired) electrons. The van der Waals surface area contributed by atoms with Crippen molar-refractivity contribution in [1.82, 2.24) is 0 Å². The molecule has 0 aromatic heterocycles. The van der Waals surface area contributed by atoms with E-state index in [1.54, 1.807) is 0 Å². The quantitative estimate of drug-likeness (QED) is 0.653. The van der Waals surface area contributed by atoms with Crippen LogP contribution in [-0.4, -0.2) is 34.1 Å². The van der Waals surface area contributed by atoms with E-state index in [1.807, 2.05) is 0 Å². The third-order valence-electron chi connectivity index (χ3n) is 8.05. The van der Waals surface area contributed by atoms with Crippen LogP contribution in [0.4, 0.5) is 0 Å². The van der Waals surface area contributed by atoms with E-state index in [4.69, 9.17) is 0 Å². The Hall–Kier alpha value is -0.380. The summed E-state index contributed by atoms with van der Waals surface area (Å²) in [4.78, 5) is 0. The highest BCUT2D eigenvalue weighted by Crippen LogP contribution is 2.65. The molecule has 0 bridgehead atoms. The van der Waals surface area contributed by atoms with Crippen LogP contribution in [0.2, 0.25) is 0 Å². The summed E-state index contributed by atoms with van der Waals surface area (Å²) in [5, 5.41) is 30.5. The summed E-state index contributed by atoms with van der Waals surface area (Å²) in [5.41, 5.74) is 1.52. The average molecular weight is 306 g/mol. The first-order valence-electron chi connectivity index (χ1n) is 9.19. The van der Waals surface area contributed by atoms with Gasteiger partial charge in [-0.25, -0.2) is 0 Å². The molecule has 0 spiro atoms. The van der Waals surface area contributed by atoms with Gasteiger partial charge in [0.2, 0.25) is 0 Å². The Morgan fingerprint density at radius 2 is 1.86 bits per heavy atom. The topological polar surface area (TPSA) is 60.7 Å². The smallest absolute Gasteiger partial charge is 0.0724 e. The van der Waals surface area contributed by atoms with Gasteiger partial charge in [0, 0.05) is 5.41 Å². The zero-order valence-electron chi connectivity index (χ0n) is 13.7. The van der Waals surface area contributed by atoms with Crippen molar-refractivity contribution in [2.45, 2.75) is 70.5 Å². The average Bonchev–Trinajstić information content (AvgIpc) is 2.86. The van der Waals surface area contributed by atoms with Crippen LogP contribution in [0.3, 0.4) is 0 Å². The highest BCUT2D eigenvalue weighted by atomic mass is 16.3. The van der Waals surface area contributed by atoms with Gasteiger partial charge in [-0.15, -0.1) is 0 Å². The Bertz CT molecular complexity index is 487. The van der Waals surface area contributed by atoms with Crippen LogP contribution in [0, 0.1) is 28.6 Å². The standard InChI is InChI=1S/C19H30O3/c1-18-8-6-13(21)10-12(18)2-3-14-15(18)7-9-19(11-20)16(14)4-5-17(19)22/h10,13-17,20-22H,2-9,11H2,1H3/t13-,14+,15-,16-,17-,18-,19+/m0/s1. The first-order valence-corrected chi connectivity index (χ1v) is 9.19. The molecule has 0 amide bonds. The van der Waals surface area contributed by atoms with Gasteiger partial charge < -0.3 is 15.3 Å². The maximum atomic E-state index is 10.5. The molecule has 4 rings (SSSR count). The highest BCUT2D eigenvalue weighted by molar-refractivity contribution is 5.25. The minimum Gasteiger partial charge on any atom is -0.396 e. The second kappa shape index (κ2) is 5.06. The first kappa shape index (κ1) is 15.2. The SMILES string of the molecule is C[C@]12CC[C@H](O)C=C1CC[C@H]1[C@@H]3CC[C@H](O)[C@@]3(CO)CC[C@@H]12. The molecule has 3 heteroatoms. The van der Waals surface area contributed by atoms with Crippen LogP contribution >= 0.6 is 0 Å². The summed E-state index contributed by atoms with van der Waals surface area (Å²) in [6.45, 7) is 2.57. The molecule has 3 N–H and O–H groups in total. The highest BCUT2D eigenvalue weighted by Gasteiger charge is 2.60. The van der Waals surface area contributed by atoms with Crippen molar-refractivity contribution in [2.75, 3.05) is 6.61 Å². The molecule has 3 fully saturated rings. The van der Waals surface area contributed by atoms with Crippen molar-refractivity contribution in [3.8, 4) is 0 Å². The molecule has 3 nitrogen and oxygen atoms in total. The number of aliphatic hydroxyl groups excluding tert-OH is 3. The van der Waals surface area contributed by atoms with Crippen LogP contribution in [0.5, 0.6) is 0 Å². The van der Waals surface area contributed by atoms with E-state index in [1.165, 1.54) is 12.0 Å². The molecule has 0 aliphatic heterocycles. The second-order valence-electron chi connectivity index (χ2n) is 8.65. The van der Waals surface area contributed by atoms with Crippen LogP contribution in [0.1, 0.15) is 58.3 Å². The van der Waals surface area contributed by atoms with E-state index in [-0.39, 0.29) is 29.6 Å². The van der Waals surface area contributed by atoms with E-state index in [2.05, 4.69) is 13.0 Å². The van der Waals surface area contributed by atoms with Crippen LogP contribution in [0.25, 0.3) is 0 Å². The van der Waals surface area contributed by atoms with E-state index in [0.717, 1.165) is 44.9 Å². The summed E-state index contributed by atoms with van der Waals surface area (Å²) in [7, 11) is 0. The molecule has 0 heterocycles. The molecule has 4 aliphatic rings. The zero-order chi connectivity index (χ0) is 15.5. The van der Waals surface area contributed by atoms with Crippen molar-refractivity contribution in [3.05, 3.63) is 11.6 Å². The van der Waals surface area contributed by atoms with Crippen LogP contribution < -0.4 is 0 Å². The molecule has 0 aromatic rings. The molecule has 0 aromatic carbocycles. The molecule has 0 saturated heterocycles. The van der Waals surface area contributed by atoms with Gasteiger partial charge in [-0.3, -0.25) is 0 Å². The third-order valence-corrected chi connectivity index (χ3v) is 8.05. The number of rotatable bonds is 1. The number of aliphatic hydroxyl groups is 3. The van der Waals surface area contributed by atoms with Gasteiger partial charge >= 0.3 is 0 Å². The second-order valence-corrected chi connectivity index (χ2v) is 8.65. The summed E-state index contributed by atoms with van der Waals surface area (Å²) in [6, 6.07) is 0. The predicted octanol–water partition coefficient (Wildman–Crippen LogP) is 2.64. The summed E-state index contributed by atoms with van der Waals surface area (Å²) in [6.07, 6.45) is 9.91. The number of allylic oxidation sites excluding steroid dienone is 1. The van der Waals surface area contributed by atoms with Gasteiger partial charge in [0.05, 0.1) is 18.8 Å². The Kier molecular flexibility index (Phi) is 3.49. The fourth-order valence-electron chi connectivity index (χ4n) is 6.79. The fourth-order valence-corrected chi connectivity index (χ4v) is 6.79. The lowest BCUT2D eigenvalue weighted by atomic mass is 9.47. The maximum absolute atomic E-state index is 10.5. The Labute approximate surface area is 133 Å². The summed E-state index contributed by atoms with van der Waals surface area (Å²) >= 11 is 0. The molecule has 22 heavy (non-hydrogen) atoms. The predicted molar refractivity (Wildman–Crippen MR) is 85.1 cm³/mol. The molecule has 4 aliphatic carbocycles. The maximum Gasteiger partial charge on any atom is 0.0724 e. The molecule has 124 valence electrons. The molecule has 7 atom stereocenters. The first-order chi connectivity index (χ1) is 10.5. The van der Waals surface area contributed by atoms with Gasteiger partial charge in [0.1, 0.15) is 0 Å². The lowest BCUT2D eigenvalue weighted by Crippen LogP contribution is -2.53. The van der Waals surface area contributed by atoms with Gasteiger partial charge in [-0.05, 0) is 74.5 Å². The van der Waals surface area contributed by atoms with Crippen molar-refractivity contribution < 1.29 is 15.3 Å². The van der Waals surface area contributed by atoms with E-state index in [9.17, 15) is 15.3 Å². The lowest BCUT2D eigenvalue weighted by molar-refractivity contribution is -0.108. The Morgan fingerprint density at radius 3 is 2.64 bits per heavy atom. The van der Waals surface area contributed by atoms with Crippen LogP contribution in [0.15, 0.2) is 11.6 Å². The van der Waals surface area contributed by atoms with E-state index < -0.39 is 0 Å². The fraction of sp³-hybridized carbons (Fsp3) is 0.895. The normalized spacial score (nSPS) is 54.2. The largest absolute Gasteiger partial charge is 0.396 e. The molecule has 3 saturated carbocycles. The molecular formula is C19H30O3. The number of hydrogen-bond donors (Lipinski definition) is 3. The van der Waals surface area contributed by atoms with Gasteiger partial charge in [0.25, 0.3) is 0 Å². The number of fused-ring (bicyclic) bond motifs is 5. The molecule has 0 unspecified atom stereocenters. The molecular weight excluding hydrogens is 276 g/mol. The number of hydrogen-bond acceptors (Lipinski definition) is 3. The monoisotopic (exact) mass is 306 g/mol.